The summed E-state index contributed by atoms with van der Waals surface area (Å²) >= 11 is 5.78. The summed E-state index contributed by atoms with van der Waals surface area (Å²) in [5.41, 5.74) is 0.611. The summed E-state index contributed by atoms with van der Waals surface area (Å²) in [5.74, 6) is 0.275. The molecule has 2 rings (SSSR count). The van der Waals surface area contributed by atoms with Crippen LogP contribution in [0.2, 0.25) is 5.02 Å². The average Bonchev–Trinajstić information content (AvgIpc) is 2.61. The van der Waals surface area contributed by atoms with Crippen LogP contribution in [0.1, 0.15) is 6.92 Å². The Hall–Kier alpha value is -1.62. The normalized spacial score (nSPS) is 23.8. The molecule has 1 aliphatic heterocycles. The number of halogens is 1. The standard InChI is InChI=1S/C11H13ClN4O/c1-7-6-13-16(2)11(7)15-14-8-3-4-10(17)9(12)5-8/h3-7,11,17H,1-2H3/b15-14+. The first-order valence-electron chi connectivity index (χ1n) is 5.24. The molecule has 90 valence electrons. The number of phenolic OH excluding ortho intramolecular Hbond substituents is 1. The number of nitrogens with zero attached hydrogens (tertiary/aromatic N) is 4. The van der Waals surface area contributed by atoms with Crippen molar-refractivity contribution in [3.63, 3.8) is 0 Å². The Kier molecular flexibility index (Phi) is 3.28. The number of aromatic hydroxyl groups is 1. The summed E-state index contributed by atoms with van der Waals surface area (Å²) in [6.45, 7) is 2.03. The maximum absolute atomic E-state index is 9.28. The van der Waals surface area contributed by atoms with Crippen molar-refractivity contribution < 1.29 is 5.11 Å². The summed E-state index contributed by atoms with van der Waals surface area (Å²) in [4.78, 5) is 0. The van der Waals surface area contributed by atoms with Gasteiger partial charge in [-0.05, 0) is 18.2 Å². The lowest BCUT2D eigenvalue weighted by Crippen LogP contribution is -2.25. The van der Waals surface area contributed by atoms with Crippen molar-refractivity contribution in [2.45, 2.75) is 13.1 Å². The predicted octanol–water partition coefficient (Wildman–Crippen LogP) is 3.02. The van der Waals surface area contributed by atoms with E-state index in [2.05, 4.69) is 15.3 Å². The molecule has 1 N–H and O–H groups in total. The van der Waals surface area contributed by atoms with Crippen LogP contribution in [-0.2, 0) is 0 Å². The molecule has 0 saturated heterocycles. The van der Waals surface area contributed by atoms with Gasteiger partial charge < -0.3 is 5.11 Å². The fourth-order valence-electron chi connectivity index (χ4n) is 1.56. The van der Waals surface area contributed by atoms with Crippen LogP contribution in [0, 0.1) is 5.92 Å². The second kappa shape index (κ2) is 4.71. The second-order valence-electron chi connectivity index (χ2n) is 3.96. The Labute approximate surface area is 104 Å². The van der Waals surface area contributed by atoms with Crippen molar-refractivity contribution in [1.29, 1.82) is 0 Å². The van der Waals surface area contributed by atoms with Crippen LogP contribution in [-0.4, -0.2) is 29.5 Å². The average molecular weight is 253 g/mol. The van der Waals surface area contributed by atoms with E-state index in [4.69, 9.17) is 11.6 Å². The first-order chi connectivity index (χ1) is 8.08. The third-order valence-corrected chi connectivity index (χ3v) is 2.86. The van der Waals surface area contributed by atoms with Gasteiger partial charge in [0.1, 0.15) is 5.75 Å². The largest absolute Gasteiger partial charge is 0.506 e. The van der Waals surface area contributed by atoms with Gasteiger partial charge in [0.2, 0.25) is 0 Å². The molecular formula is C11H13ClN4O. The van der Waals surface area contributed by atoms with E-state index in [0.717, 1.165) is 0 Å². The van der Waals surface area contributed by atoms with Crippen molar-refractivity contribution >= 4 is 23.5 Å². The Morgan fingerprint density at radius 1 is 1.47 bits per heavy atom. The van der Waals surface area contributed by atoms with Gasteiger partial charge in [0.05, 0.1) is 10.7 Å². The van der Waals surface area contributed by atoms with Crippen LogP contribution in [0.4, 0.5) is 5.69 Å². The molecule has 0 aromatic heterocycles. The van der Waals surface area contributed by atoms with Crippen molar-refractivity contribution in [2.75, 3.05) is 7.05 Å². The van der Waals surface area contributed by atoms with Gasteiger partial charge in [0.25, 0.3) is 0 Å². The highest BCUT2D eigenvalue weighted by Crippen LogP contribution is 2.28. The number of hydrazone groups is 1. The Morgan fingerprint density at radius 3 is 2.82 bits per heavy atom. The third-order valence-electron chi connectivity index (χ3n) is 2.56. The molecule has 2 atom stereocenters. The zero-order valence-corrected chi connectivity index (χ0v) is 10.3. The monoisotopic (exact) mass is 252 g/mol. The Bertz CT molecular complexity index is 463. The molecule has 1 aliphatic rings. The van der Waals surface area contributed by atoms with E-state index in [1.165, 1.54) is 6.07 Å². The predicted molar refractivity (Wildman–Crippen MR) is 66.8 cm³/mol. The number of benzene rings is 1. The highest BCUT2D eigenvalue weighted by molar-refractivity contribution is 6.32. The van der Waals surface area contributed by atoms with Gasteiger partial charge in [-0.3, -0.25) is 5.01 Å². The molecule has 0 bridgehead atoms. The van der Waals surface area contributed by atoms with E-state index in [1.54, 1.807) is 17.1 Å². The van der Waals surface area contributed by atoms with E-state index in [-0.39, 0.29) is 22.9 Å². The van der Waals surface area contributed by atoms with Gasteiger partial charge >= 0.3 is 0 Å². The third kappa shape index (κ3) is 2.55. The maximum atomic E-state index is 9.28. The van der Waals surface area contributed by atoms with Crippen LogP contribution in [0.5, 0.6) is 5.75 Å². The second-order valence-corrected chi connectivity index (χ2v) is 4.37. The van der Waals surface area contributed by atoms with Crippen LogP contribution in [0.3, 0.4) is 0 Å². The van der Waals surface area contributed by atoms with Gasteiger partial charge in [0, 0.05) is 19.2 Å². The molecule has 0 amide bonds. The van der Waals surface area contributed by atoms with Gasteiger partial charge in [-0.15, -0.1) is 0 Å². The molecule has 1 aromatic carbocycles. The summed E-state index contributed by atoms with van der Waals surface area (Å²) in [6, 6.07) is 4.72. The van der Waals surface area contributed by atoms with Gasteiger partial charge in [-0.25, -0.2) is 0 Å². The quantitative estimate of drug-likeness (QED) is 0.823. The molecule has 6 heteroatoms. The molecule has 0 saturated carbocycles. The lowest BCUT2D eigenvalue weighted by atomic mass is 10.2. The minimum Gasteiger partial charge on any atom is -0.506 e. The van der Waals surface area contributed by atoms with Crippen molar-refractivity contribution in [1.82, 2.24) is 5.01 Å². The summed E-state index contributed by atoms with van der Waals surface area (Å²) in [7, 11) is 1.85. The first-order valence-corrected chi connectivity index (χ1v) is 5.62. The molecule has 5 nitrogen and oxygen atoms in total. The van der Waals surface area contributed by atoms with Gasteiger partial charge in [0.15, 0.2) is 6.17 Å². The summed E-state index contributed by atoms with van der Waals surface area (Å²) < 4.78 is 0. The van der Waals surface area contributed by atoms with Crippen molar-refractivity contribution in [3.8, 4) is 5.75 Å². The molecule has 0 fully saturated rings. The molecular weight excluding hydrogens is 240 g/mol. The topological polar surface area (TPSA) is 60.5 Å². The van der Waals surface area contributed by atoms with Gasteiger partial charge in [-0.1, -0.05) is 18.5 Å². The number of hydrogen-bond acceptors (Lipinski definition) is 5. The molecule has 17 heavy (non-hydrogen) atoms. The minimum atomic E-state index is -0.0809. The lowest BCUT2D eigenvalue weighted by Gasteiger charge is -2.16. The highest BCUT2D eigenvalue weighted by Gasteiger charge is 2.24. The molecule has 0 spiro atoms. The van der Waals surface area contributed by atoms with Crippen molar-refractivity contribution in [3.05, 3.63) is 23.2 Å². The number of hydrogen-bond donors (Lipinski definition) is 1. The smallest absolute Gasteiger partial charge is 0.165 e. The van der Waals surface area contributed by atoms with E-state index in [1.807, 2.05) is 20.2 Å². The van der Waals surface area contributed by atoms with Crippen LogP contribution < -0.4 is 0 Å². The molecule has 2 unspecified atom stereocenters. The SMILES string of the molecule is CC1C=NN(C)C1/N=N/c1ccc(O)c(Cl)c1. The number of rotatable bonds is 2. The number of azo groups is 1. The molecule has 0 radical (unpaired) electrons. The first kappa shape index (κ1) is 11.9. The molecule has 1 aromatic rings. The van der Waals surface area contributed by atoms with E-state index in [9.17, 15) is 5.11 Å². The Morgan fingerprint density at radius 2 is 2.24 bits per heavy atom. The fraction of sp³-hybridized carbons (Fsp3) is 0.364. The number of phenols is 1. The summed E-state index contributed by atoms with van der Waals surface area (Å²) in [5, 5.41) is 23.7. The summed E-state index contributed by atoms with van der Waals surface area (Å²) in [6.07, 6.45) is 1.76. The zero-order valence-electron chi connectivity index (χ0n) is 9.58. The van der Waals surface area contributed by atoms with E-state index in [0.29, 0.717) is 5.69 Å². The minimum absolute atomic E-state index is 0.0419. The van der Waals surface area contributed by atoms with Crippen molar-refractivity contribution in [2.24, 2.45) is 21.2 Å². The van der Waals surface area contributed by atoms with Crippen LogP contribution >= 0.6 is 11.6 Å². The van der Waals surface area contributed by atoms with Crippen LogP contribution in [0.25, 0.3) is 0 Å². The molecule has 0 aliphatic carbocycles. The van der Waals surface area contributed by atoms with E-state index >= 15 is 0 Å². The Balaban J connectivity index is 2.12. The van der Waals surface area contributed by atoms with Crippen LogP contribution in [0.15, 0.2) is 33.5 Å². The lowest BCUT2D eigenvalue weighted by molar-refractivity contribution is 0.253. The van der Waals surface area contributed by atoms with E-state index < -0.39 is 0 Å². The molecule has 1 heterocycles. The zero-order chi connectivity index (χ0) is 12.4. The highest BCUT2D eigenvalue weighted by atomic mass is 35.5. The fourth-order valence-corrected chi connectivity index (χ4v) is 1.73. The van der Waals surface area contributed by atoms with Gasteiger partial charge in [-0.2, -0.15) is 15.3 Å². The maximum Gasteiger partial charge on any atom is 0.165 e.